The SMILES string of the molecule is O=C(NC[C@]1(O)CCc2ccccc2C1)C(=O)Nc1ccc2c(c1)CCCN2C(=O)c1cccs1. The highest BCUT2D eigenvalue weighted by Gasteiger charge is 2.33. The number of nitrogens with one attached hydrogen (secondary N) is 2. The molecule has 0 spiro atoms. The van der Waals surface area contributed by atoms with Crippen molar-refractivity contribution in [2.24, 2.45) is 0 Å². The zero-order valence-corrected chi connectivity index (χ0v) is 20.1. The van der Waals surface area contributed by atoms with E-state index in [2.05, 4.69) is 16.7 Å². The van der Waals surface area contributed by atoms with Gasteiger partial charge in [-0.25, -0.2) is 0 Å². The smallest absolute Gasteiger partial charge is 0.313 e. The zero-order valence-electron chi connectivity index (χ0n) is 19.3. The molecule has 2 heterocycles. The van der Waals surface area contributed by atoms with Crippen LogP contribution in [0.2, 0.25) is 0 Å². The topological polar surface area (TPSA) is 98.7 Å². The van der Waals surface area contributed by atoms with Crippen LogP contribution in [0.25, 0.3) is 0 Å². The van der Waals surface area contributed by atoms with Gasteiger partial charge in [-0.1, -0.05) is 30.3 Å². The molecule has 1 aliphatic carbocycles. The number of anilines is 2. The van der Waals surface area contributed by atoms with Gasteiger partial charge in [0, 0.05) is 30.9 Å². The summed E-state index contributed by atoms with van der Waals surface area (Å²) in [5, 5.41) is 18.0. The third-order valence-electron chi connectivity index (χ3n) is 6.71. The molecule has 5 rings (SSSR count). The van der Waals surface area contributed by atoms with Crippen LogP contribution in [-0.2, 0) is 28.9 Å². The fourth-order valence-corrected chi connectivity index (χ4v) is 5.54. The Hall–Kier alpha value is -3.49. The highest BCUT2D eigenvalue weighted by molar-refractivity contribution is 7.12. The molecule has 180 valence electrons. The molecule has 0 bridgehead atoms. The lowest BCUT2D eigenvalue weighted by Gasteiger charge is -2.33. The summed E-state index contributed by atoms with van der Waals surface area (Å²) in [5.74, 6) is -1.60. The van der Waals surface area contributed by atoms with Crippen LogP contribution in [0.5, 0.6) is 0 Å². The molecule has 8 heteroatoms. The van der Waals surface area contributed by atoms with Gasteiger partial charge >= 0.3 is 11.8 Å². The van der Waals surface area contributed by atoms with Crippen LogP contribution in [0.15, 0.2) is 60.0 Å². The fraction of sp³-hybridized carbons (Fsp3) is 0.296. The summed E-state index contributed by atoms with van der Waals surface area (Å²) >= 11 is 1.41. The van der Waals surface area contributed by atoms with Crippen molar-refractivity contribution in [3.05, 3.63) is 81.5 Å². The number of fused-ring (bicyclic) bond motifs is 2. The highest BCUT2D eigenvalue weighted by Crippen LogP contribution is 2.32. The number of nitrogens with zero attached hydrogens (tertiary/aromatic N) is 1. The maximum Gasteiger partial charge on any atom is 0.313 e. The van der Waals surface area contributed by atoms with Crippen molar-refractivity contribution in [2.45, 2.75) is 37.7 Å². The molecule has 2 aromatic carbocycles. The Morgan fingerprint density at radius 1 is 0.971 bits per heavy atom. The average Bonchev–Trinajstić information content (AvgIpc) is 3.41. The molecule has 1 atom stereocenters. The van der Waals surface area contributed by atoms with E-state index in [1.54, 1.807) is 11.0 Å². The van der Waals surface area contributed by atoms with Gasteiger partial charge in [0.05, 0.1) is 10.5 Å². The molecule has 0 radical (unpaired) electrons. The van der Waals surface area contributed by atoms with E-state index in [1.807, 2.05) is 47.8 Å². The van der Waals surface area contributed by atoms with Crippen molar-refractivity contribution in [1.29, 1.82) is 0 Å². The lowest BCUT2D eigenvalue weighted by atomic mass is 9.80. The largest absolute Gasteiger partial charge is 0.388 e. The summed E-state index contributed by atoms with van der Waals surface area (Å²) in [6, 6.07) is 17.0. The molecular weight excluding hydrogens is 462 g/mol. The number of carbonyl (C=O) groups is 3. The van der Waals surface area contributed by atoms with Crippen molar-refractivity contribution < 1.29 is 19.5 Å². The maximum atomic E-state index is 12.9. The third kappa shape index (κ3) is 4.99. The number of rotatable bonds is 4. The standard InChI is InChI=1S/C27H27N3O4S/c31-24(28-17-27(34)12-11-18-5-1-2-6-20(18)16-27)25(32)29-21-9-10-22-19(15-21)7-3-13-30(22)26(33)23-8-4-14-35-23/h1-2,4-6,8-10,14-15,34H,3,7,11-13,16-17H2,(H,28,31)(H,29,32)/t27-/m0/s1. The van der Waals surface area contributed by atoms with Crippen LogP contribution >= 0.6 is 11.3 Å². The number of benzene rings is 2. The molecule has 3 amide bonds. The summed E-state index contributed by atoms with van der Waals surface area (Å²) in [4.78, 5) is 40.3. The van der Waals surface area contributed by atoms with Crippen LogP contribution in [0.3, 0.4) is 0 Å². The molecule has 0 saturated carbocycles. The van der Waals surface area contributed by atoms with E-state index in [9.17, 15) is 19.5 Å². The van der Waals surface area contributed by atoms with Crippen LogP contribution < -0.4 is 15.5 Å². The van der Waals surface area contributed by atoms with Gasteiger partial charge in [0.1, 0.15) is 0 Å². The van der Waals surface area contributed by atoms with E-state index < -0.39 is 17.4 Å². The number of aryl methyl sites for hydroxylation is 2. The number of thiophene rings is 1. The molecule has 0 fully saturated rings. The predicted octanol–water partition coefficient (Wildman–Crippen LogP) is 3.32. The first-order valence-corrected chi connectivity index (χ1v) is 12.7. The van der Waals surface area contributed by atoms with Gasteiger partial charge in [0.2, 0.25) is 0 Å². The Kier molecular flexibility index (Phi) is 6.40. The van der Waals surface area contributed by atoms with Gasteiger partial charge in [-0.2, -0.15) is 0 Å². The molecular formula is C27H27N3O4S. The van der Waals surface area contributed by atoms with Crippen LogP contribution in [0, 0.1) is 0 Å². The first-order valence-electron chi connectivity index (χ1n) is 11.8. The van der Waals surface area contributed by atoms with Gasteiger partial charge in [-0.05, 0) is 72.0 Å². The molecule has 0 saturated heterocycles. The Balaban J connectivity index is 1.20. The summed E-state index contributed by atoms with van der Waals surface area (Å²) in [7, 11) is 0. The molecule has 0 unspecified atom stereocenters. The Morgan fingerprint density at radius 3 is 2.60 bits per heavy atom. The van der Waals surface area contributed by atoms with Crippen molar-refractivity contribution >= 4 is 40.4 Å². The summed E-state index contributed by atoms with van der Waals surface area (Å²) in [6.45, 7) is 0.656. The van der Waals surface area contributed by atoms with Crippen LogP contribution in [-0.4, -0.2) is 41.5 Å². The molecule has 3 aromatic rings. The zero-order chi connectivity index (χ0) is 24.4. The van der Waals surface area contributed by atoms with Gasteiger partial charge in [0.25, 0.3) is 5.91 Å². The van der Waals surface area contributed by atoms with Crippen molar-refractivity contribution in [1.82, 2.24) is 5.32 Å². The first-order chi connectivity index (χ1) is 16.9. The second kappa shape index (κ2) is 9.64. The van der Waals surface area contributed by atoms with Crippen molar-refractivity contribution in [3.8, 4) is 0 Å². The molecule has 2 aliphatic rings. The quantitative estimate of drug-likeness (QED) is 0.490. The summed E-state index contributed by atoms with van der Waals surface area (Å²) in [5.41, 5.74) is 3.49. The molecule has 35 heavy (non-hydrogen) atoms. The predicted molar refractivity (Wildman–Crippen MR) is 136 cm³/mol. The third-order valence-corrected chi connectivity index (χ3v) is 7.57. The number of aliphatic hydroxyl groups is 1. The van der Waals surface area contributed by atoms with E-state index in [4.69, 9.17) is 0 Å². The van der Waals surface area contributed by atoms with Gasteiger partial charge in [0.15, 0.2) is 0 Å². The lowest BCUT2D eigenvalue weighted by Crippen LogP contribution is -2.49. The second-order valence-electron chi connectivity index (χ2n) is 9.19. The number of hydrogen-bond donors (Lipinski definition) is 3. The Bertz CT molecular complexity index is 1270. The summed E-state index contributed by atoms with van der Waals surface area (Å²) < 4.78 is 0. The molecule has 7 nitrogen and oxygen atoms in total. The first kappa shape index (κ1) is 23.3. The Labute approximate surface area is 207 Å². The van der Waals surface area contributed by atoms with E-state index >= 15 is 0 Å². The monoisotopic (exact) mass is 489 g/mol. The molecule has 1 aromatic heterocycles. The van der Waals surface area contributed by atoms with E-state index in [0.717, 1.165) is 36.1 Å². The van der Waals surface area contributed by atoms with Crippen molar-refractivity contribution in [3.63, 3.8) is 0 Å². The number of hydrogen-bond acceptors (Lipinski definition) is 5. The van der Waals surface area contributed by atoms with E-state index in [1.165, 1.54) is 16.9 Å². The second-order valence-corrected chi connectivity index (χ2v) is 10.1. The van der Waals surface area contributed by atoms with Crippen LogP contribution in [0.4, 0.5) is 11.4 Å². The van der Waals surface area contributed by atoms with Gasteiger partial charge < -0.3 is 20.6 Å². The highest BCUT2D eigenvalue weighted by atomic mass is 32.1. The maximum absolute atomic E-state index is 12.9. The minimum atomic E-state index is -1.07. The minimum absolute atomic E-state index is 0.0115. The lowest BCUT2D eigenvalue weighted by molar-refractivity contribution is -0.136. The van der Waals surface area contributed by atoms with Crippen LogP contribution in [0.1, 0.15) is 39.2 Å². The fourth-order valence-electron chi connectivity index (χ4n) is 4.87. The Morgan fingerprint density at radius 2 is 1.80 bits per heavy atom. The molecule has 3 N–H and O–H groups in total. The van der Waals surface area contributed by atoms with Gasteiger partial charge in [-0.3, -0.25) is 14.4 Å². The number of amides is 3. The number of carbonyl (C=O) groups excluding carboxylic acids is 3. The van der Waals surface area contributed by atoms with Crippen molar-refractivity contribution in [2.75, 3.05) is 23.3 Å². The summed E-state index contributed by atoms with van der Waals surface area (Å²) in [6.07, 6.45) is 3.31. The molecule has 1 aliphatic heterocycles. The average molecular weight is 490 g/mol. The van der Waals surface area contributed by atoms with E-state index in [0.29, 0.717) is 30.0 Å². The van der Waals surface area contributed by atoms with E-state index in [-0.39, 0.29) is 12.5 Å². The normalized spacial score (nSPS) is 18.8. The minimum Gasteiger partial charge on any atom is -0.388 e. The van der Waals surface area contributed by atoms with Gasteiger partial charge in [-0.15, -0.1) is 11.3 Å².